The Labute approximate surface area is 80.9 Å². The molecule has 0 aromatic carbocycles. The summed E-state index contributed by atoms with van der Waals surface area (Å²) in [4.78, 5) is 0. The van der Waals surface area contributed by atoms with Gasteiger partial charge in [-0.3, -0.25) is 0 Å². The summed E-state index contributed by atoms with van der Waals surface area (Å²) in [5.74, 6) is 2.26. The van der Waals surface area contributed by atoms with Gasteiger partial charge < -0.3 is 0 Å². The van der Waals surface area contributed by atoms with Gasteiger partial charge in [-0.1, -0.05) is 27.7 Å². The molecule has 0 bridgehead atoms. The highest BCUT2D eigenvalue weighted by atomic mass is 32.2. The third kappa shape index (κ3) is 7.07. The summed E-state index contributed by atoms with van der Waals surface area (Å²) in [6.45, 7) is 9.05. The molecular weight excluding hydrogens is 172 g/mol. The first-order valence-electron chi connectivity index (χ1n) is 4.20. The average Bonchev–Trinajstić information content (AvgIpc) is 1.87. The van der Waals surface area contributed by atoms with Gasteiger partial charge in [-0.15, -0.1) is 0 Å². The van der Waals surface area contributed by atoms with E-state index in [9.17, 15) is 0 Å². The second-order valence-corrected chi connectivity index (χ2v) is 5.99. The van der Waals surface area contributed by atoms with Crippen LogP contribution in [0.1, 0.15) is 34.1 Å². The van der Waals surface area contributed by atoms with Crippen LogP contribution in [0, 0.1) is 5.41 Å². The van der Waals surface area contributed by atoms with Crippen molar-refractivity contribution in [3.63, 3.8) is 0 Å². The molecule has 2 heteroatoms. The van der Waals surface area contributed by atoms with Gasteiger partial charge in [-0.05, 0) is 28.6 Å². The molecule has 0 aliphatic rings. The fourth-order valence-corrected chi connectivity index (χ4v) is 1.95. The van der Waals surface area contributed by atoms with Gasteiger partial charge >= 0.3 is 0 Å². The molecule has 0 saturated heterocycles. The van der Waals surface area contributed by atoms with E-state index in [4.69, 9.17) is 0 Å². The highest BCUT2D eigenvalue weighted by molar-refractivity contribution is 7.99. The minimum absolute atomic E-state index is 0.422. The van der Waals surface area contributed by atoms with E-state index >= 15 is 0 Å². The number of hydrogen-bond donors (Lipinski definition) is 1. The maximum Gasteiger partial charge on any atom is -0.000968 e. The zero-order valence-electron chi connectivity index (χ0n) is 8.05. The molecule has 11 heavy (non-hydrogen) atoms. The van der Waals surface area contributed by atoms with Gasteiger partial charge in [-0.25, -0.2) is 0 Å². The van der Waals surface area contributed by atoms with E-state index in [1.165, 1.54) is 12.2 Å². The number of hydrogen-bond acceptors (Lipinski definition) is 2. The van der Waals surface area contributed by atoms with Crippen molar-refractivity contribution in [3.8, 4) is 0 Å². The van der Waals surface area contributed by atoms with Crippen LogP contribution in [0.5, 0.6) is 0 Å². The van der Waals surface area contributed by atoms with Gasteiger partial charge in [0.15, 0.2) is 0 Å². The van der Waals surface area contributed by atoms with Crippen LogP contribution < -0.4 is 0 Å². The summed E-state index contributed by atoms with van der Waals surface area (Å²) < 4.78 is 0. The van der Waals surface area contributed by atoms with Gasteiger partial charge in [0.1, 0.15) is 0 Å². The van der Waals surface area contributed by atoms with Crippen LogP contribution in [0.4, 0.5) is 0 Å². The molecule has 0 unspecified atom stereocenters. The zero-order chi connectivity index (χ0) is 8.91. The molecule has 0 aliphatic carbocycles. The van der Waals surface area contributed by atoms with Crippen molar-refractivity contribution in [2.75, 3.05) is 11.5 Å². The maximum absolute atomic E-state index is 4.32. The van der Waals surface area contributed by atoms with Crippen LogP contribution in [0.3, 0.4) is 0 Å². The van der Waals surface area contributed by atoms with E-state index in [0.717, 1.165) is 11.0 Å². The van der Waals surface area contributed by atoms with Gasteiger partial charge in [0.25, 0.3) is 0 Å². The molecule has 0 N–H and O–H groups in total. The fraction of sp³-hybridized carbons (Fsp3) is 1.00. The Balaban J connectivity index is 3.38. The standard InChI is InChI=1S/C9H20S2/c1-8(2)11-6-5-9(3,4)7-10/h8,10H,5-7H2,1-4H3. The minimum atomic E-state index is 0.422. The summed E-state index contributed by atoms with van der Waals surface area (Å²) in [5, 5.41) is 0.769. The Morgan fingerprint density at radius 2 is 1.91 bits per heavy atom. The lowest BCUT2D eigenvalue weighted by Crippen LogP contribution is -2.14. The Hall–Kier alpha value is 0.700. The van der Waals surface area contributed by atoms with Crippen molar-refractivity contribution in [2.24, 2.45) is 5.41 Å². The Bertz CT molecular complexity index is 97.7. The van der Waals surface area contributed by atoms with Crippen LogP contribution in [0.15, 0.2) is 0 Å². The maximum atomic E-state index is 4.32. The normalized spacial score (nSPS) is 12.5. The molecule has 0 nitrogen and oxygen atoms in total. The number of rotatable bonds is 5. The van der Waals surface area contributed by atoms with Crippen molar-refractivity contribution >= 4 is 24.4 Å². The van der Waals surface area contributed by atoms with Crippen LogP contribution in [0.25, 0.3) is 0 Å². The smallest absolute Gasteiger partial charge is 0.000968 e. The summed E-state index contributed by atoms with van der Waals surface area (Å²) in [6, 6.07) is 0. The van der Waals surface area contributed by atoms with E-state index in [0.29, 0.717) is 5.41 Å². The molecule has 0 aromatic rings. The fourth-order valence-electron chi connectivity index (χ4n) is 0.650. The second-order valence-electron chi connectivity index (χ2n) is 3.99. The zero-order valence-corrected chi connectivity index (χ0v) is 9.77. The first-order chi connectivity index (χ1) is 4.98. The average molecular weight is 192 g/mol. The van der Waals surface area contributed by atoms with Crippen LogP contribution in [0.2, 0.25) is 0 Å². The Morgan fingerprint density at radius 1 is 1.36 bits per heavy atom. The first kappa shape index (κ1) is 11.7. The highest BCUT2D eigenvalue weighted by Crippen LogP contribution is 2.25. The molecule has 0 radical (unpaired) electrons. The van der Waals surface area contributed by atoms with Crippen molar-refractivity contribution < 1.29 is 0 Å². The largest absolute Gasteiger partial charge is 0.179 e. The van der Waals surface area contributed by atoms with Gasteiger partial charge in [0.05, 0.1) is 0 Å². The van der Waals surface area contributed by atoms with E-state index in [1.54, 1.807) is 0 Å². The van der Waals surface area contributed by atoms with Crippen molar-refractivity contribution in [1.29, 1.82) is 0 Å². The third-order valence-corrected chi connectivity index (χ3v) is 3.62. The Kier molecular flexibility index (Phi) is 5.71. The molecule has 0 amide bonds. The van der Waals surface area contributed by atoms with Gasteiger partial charge in [0, 0.05) is 0 Å². The molecule has 0 aromatic heterocycles. The monoisotopic (exact) mass is 192 g/mol. The Morgan fingerprint density at radius 3 is 2.27 bits per heavy atom. The van der Waals surface area contributed by atoms with E-state index in [2.05, 4.69) is 40.3 Å². The molecule has 0 spiro atoms. The first-order valence-corrected chi connectivity index (χ1v) is 5.88. The molecule has 0 saturated carbocycles. The predicted octanol–water partition coefficient (Wildman–Crippen LogP) is 3.47. The molecular formula is C9H20S2. The lowest BCUT2D eigenvalue weighted by atomic mass is 9.93. The van der Waals surface area contributed by atoms with Crippen LogP contribution in [-0.4, -0.2) is 16.8 Å². The molecule has 0 aliphatic heterocycles. The summed E-state index contributed by atoms with van der Waals surface area (Å²) >= 11 is 6.36. The van der Waals surface area contributed by atoms with Crippen LogP contribution in [-0.2, 0) is 0 Å². The molecule has 0 rings (SSSR count). The molecule has 68 valence electrons. The predicted molar refractivity (Wildman–Crippen MR) is 59.8 cm³/mol. The van der Waals surface area contributed by atoms with E-state index < -0.39 is 0 Å². The number of thioether (sulfide) groups is 1. The van der Waals surface area contributed by atoms with Gasteiger partial charge in [-0.2, -0.15) is 24.4 Å². The quantitative estimate of drug-likeness (QED) is 0.651. The summed E-state index contributed by atoms with van der Waals surface area (Å²) in [5.41, 5.74) is 0.422. The molecule has 0 fully saturated rings. The third-order valence-electron chi connectivity index (χ3n) is 1.66. The van der Waals surface area contributed by atoms with Crippen molar-refractivity contribution in [1.82, 2.24) is 0 Å². The van der Waals surface area contributed by atoms with Crippen LogP contribution >= 0.6 is 24.4 Å². The number of thiol groups is 1. The summed E-state index contributed by atoms with van der Waals surface area (Å²) in [6.07, 6.45) is 1.28. The second kappa shape index (κ2) is 5.36. The highest BCUT2D eigenvalue weighted by Gasteiger charge is 2.14. The van der Waals surface area contributed by atoms with Crippen molar-refractivity contribution in [2.45, 2.75) is 39.4 Å². The molecule has 0 atom stereocenters. The van der Waals surface area contributed by atoms with Gasteiger partial charge in [0.2, 0.25) is 0 Å². The SMILES string of the molecule is CC(C)SCCC(C)(C)CS. The topological polar surface area (TPSA) is 0 Å². The molecule has 0 heterocycles. The minimum Gasteiger partial charge on any atom is -0.179 e. The van der Waals surface area contributed by atoms with E-state index in [-0.39, 0.29) is 0 Å². The lowest BCUT2D eigenvalue weighted by Gasteiger charge is -2.21. The van der Waals surface area contributed by atoms with Crippen molar-refractivity contribution in [3.05, 3.63) is 0 Å². The van der Waals surface area contributed by atoms with E-state index in [1.807, 2.05) is 11.8 Å². The summed E-state index contributed by atoms with van der Waals surface area (Å²) in [7, 11) is 0. The lowest BCUT2D eigenvalue weighted by molar-refractivity contribution is 0.412.